The van der Waals surface area contributed by atoms with Gasteiger partial charge in [0, 0.05) is 45.0 Å². The standard InChI is InChI=1S/C15H23N5/c1-13(20-9-7-19(2)8-10-20)3-5-17-15-11-14(12-16)4-6-18-15/h4,6,11,13H,3,5,7-10H2,1-2H3,(H,17,18)/t13-/m0/s1. The molecule has 0 radical (unpaired) electrons. The lowest BCUT2D eigenvalue weighted by Crippen LogP contribution is -2.48. The maximum absolute atomic E-state index is 8.85. The second-order valence-electron chi connectivity index (χ2n) is 5.45. The lowest BCUT2D eigenvalue weighted by Gasteiger charge is -2.36. The average Bonchev–Trinajstić information content (AvgIpc) is 2.48. The molecular formula is C15H23N5. The first kappa shape index (κ1) is 14.8. The molecular weight excluding hydrogens is 250 g/mol. The van der Waals surface area contributed by atoms with Gasteiger partial charge >= 0.3 is 0 Å². The molecule has 1 aromatic rings. The van der Waals surface area contributed by atoms with Gasteiger partial charge < -0.3 is 10.2 Å². The highest BCUT2D eigenvalue weighted by atomic mass is 15.3. The van der Waals surface area contributed by atoms with Crippen LogP contribution in [0.15, 0.2) is 18.3 Å². The second-order valence-corrected chi connectivity index (χ2v) is 5.45. The molecule has 1 atom stereocenters. The number of pyridine rings is 1. The van der Waals surface area contributed by atoms with Gasteiger partial charge in [-0.05, 0) is 32.5 Å². The molecule has 2 rings (SSSR count). The van der Waals surface area contributed by atoms with E-state index in [9.17, 15) is 0 Å². The van der Waals surface area contributed by atoms with Crippen molar-refractivity contribution in [2.24, 2.45) is 0 Å². The van der Waals surface area contributed by atoms with Crippen LogP contribution in [-0.4, -0.2) is 60.6 Å². The molecule has 1 aliphatic heterocycles. The van der Waals surface area contributed by atoms with E-state index in [1.54, 1.807) is 18.3 Å². The number of aromatic nitrogens is 1. The SMILES string of the molecule is C[C@@H](CCNc1cc(C#N)ccn1)N1CCN(C)CC1. The summed E-state index contributed by atoms with van der Waals surface area (Å²) in [5, 5.41) is 12.1. The molecule has 1 fully saturated rings. The van der Waals surface area contributed by atoms with Crippen LogP contribution in [0.4, 0.5) is 5.82 Å². The molecule has 1 aromatic heterocycles. The summed E-state index contributed by atoms with van der Waals surface area (Å²) in [7, 11) is 2.18. The van der Waals surface area contributed by atoms with Crippen molar-refractivity contribution in [1.82, 2.24) is 14.8 Å². The highest BCUT2D eigenvalue weighted by Crippen LogP contribution is 2.10. The number of nitrogens with zero attached hydrogens (tertiary/aromatic N) is 4. The van der Waals surface area contributed by atoms with Crippen molar-refractivity contribution in [3.8, 4) is 6.07 Å². The summed E-state index contributed by atoms with van der Waals surface area (Å²) in [4.78, 5) is 9.14. The fourth-order valence-corrected chi connectivity index (χ4v) is 2.45. The van der Waals surface area contributed by atoms with Gasteiger partial charge in [-0.1, -0.05) is 0 Å². The van der Waals surface area contributed by atoms with E-state index in [-0.39, 0.29) is 0 Å². The van der Waals surface area contributed by atoms with Gasteiger partial charge in [0.15, 0.2) is 0 Å². The topological polar surface area (TPSA) is 55.2 Å². The Morgan fingerprint density at radius 1 is 1.40 bits per heavy atom. The molecule has 108 valence electrons. The Morgan fingerprint density at radius 2 is 2.15 bits per heavy atom. The van der Waals surface area contributed by atoms with E-state index in [0.29, 0.717) is 11.6 Å². The van der Waals surface area contributed by atoms with Gasteiger partial charge in [0.05, 0.1) is 11.6 Å². The van der Waals surface area contributed by atoms with Crippen LogP contribution >= 0.6 is 0 Å². The summed E-state index contributed by atoms with van der Waals surface area (Å²) in [5.41, 5.74) is 0.648. The lowest BCUT2D eigenvalue weighted by atomic mass is 10.1. The van der Waals surface area contributed by atoms with E-state index in [4.69, 9.17) is 5.26 Å². The van der Waals surface area contributed by atoms with Gasteiger partial charge in [-0.25, -0.2) is 4.98 Å². The van der Waals surface area contributed by atoms with Crippen molar-refractivity contribution in [3.05, 3.63) is 23.9 Å². The third-order valence-electron chi connectivity index (χ3n) is 3.92. The Labute approximate surface area is 121 Å². The summed E-state index contributed by atoms with van der Waals surface area (Å²) in [6.07, 6.45) is 2.76. The van der Waals surface area contributed by atoms with Crippen LogP contribution in [0.25, 0.3) is 0 Å². The van der Waals surface area contributed by atoms with E-state index < -0.39 is 0 Å². The van der Waals surface area contributed by atoms with Crippen LogP contribution < -0.4 is 5.32 Å². The van der Waals surface area contributed by atoms with Crippen LogP contribution in [0.3, 0.4) is 0 Å². The molecule has 0 unspecified atom stereocenters. The Balaban J connectivity index is 1.73. The summed E-state index contributed by atoms with van der Waals surface area (Å²) < 4.78 is 0. The number of piperazine rings is 1. The van der Waals surface area contributed by atoms with Crippen LogP contribution in [0.2, 0.25) is 0 Å². The normalized spacial score (nSPS) is 18.4. The minimum atomic E-state index is 0.579. The summed E-state index contributed by atoms with van der Waals surface area (Å²) >= 11 is 0. The van der Waals surface area contributed by atoms with Gasteiger partial charge in [0.1, 0.15) is 5.82 Å². The molecule has 0 aromatic carbocycles. The van der Waals surface area contributed by atoms with Crippen LogP contribution in [0, 0.1) is 11.3 Å². The molecule has 20 heavy (non-hydrogen) atoms. The van der Waals surface area contributed by atoms with E-state index in [1.165, 1.54) is 0 Å². The molecule has 5 nitrogen and oxygen atoms in total. The highest BCUT2D eigenvalue weighted by Gasteiger charge is 2.18. The predicted octanol–water partition coefficient (Wildman–Crippen LogP) is 1.39. The minimum Gasteiger partial charge on any atom is -0.370 e. The smallest absolute Gasteiger partial charge is 0.127 e. The second kappa shape index (κ2) is 7.22. The minimum absolute atomic E-state index is 0.579. The number of nitriles is 1. The summed E-state index contributed by atoms with van der Waals surface area (Å²) in [6, 6.07) is 6.22. The largest absolute Gasteiger partial charge is 0.370 e. The predicted molar refractivity (Wildman–Crippen MR) is 80.6 cm³/mol. The first-order valence-electron chi connectivity index (χ1n) is 7.21. The number of likely N-dealkylation sites (N-methyl/N-ethyl adjacent to an activating group) is 1. The summed E-state index contributed by atoms with van der Waals surface area (Å²) in [5.74, 6) is 0.787. The zero-order valence-electron chi connectivity index (χ0n) is 12.3. The van der Waals surface area contributed by atoms with E-state index in [1.807, 2.05) is 0 Å². The number of hydrogen-bond donors (Lipinski definition) is 1. The molecule has 0 saturated carbocycles. The van der Waals surface area contributed by atoms with Gasteiger partial charge in [-0.2, -0.15) is 5.26 Å². The quantitative estimate of drug-likeness (QED) is 0.878. The average molecular weight is 273 g/mol. The highest BCUT2D eigenvalue weighted by molar-refractivity contribution is 5.42. The Hall–Kier alpha value is -1.64. The molecule has 1 N–H and O–H groups in total. The maximum atomic E-state index is 8.85. The molecule has 0 bridgehead atoms. The first-order valence-corrected chi connectivity index (χ1v) is 7.21. The van der Waals surface area contributed by atoms with Gasteiger partial charge in [0.25, 0.3) is 0 Å². The number of hydrogen-bond acceptors (Lipinski definition) is 5. The van der Waals surface area contributed by atoms with Gasteiger partial charge in [0.2, 0.25) is 0 Å². The maximum Gasteiger partial charge on any atom is 0.127 e. The monoisotopic (exact) mass is 273 g/mol. The van der Waals surface area contributed by atoms with Crippen molar-refractivity contribution in [1.29, 1.82) is 5.26 Å². The Morgan fingerprint density at radius 3 is 2.85 bits per heavy atom. The van der Waals surface area contributed by atoms with Crippen LogP contribution in [0.1, 0.15) is 18.9 Å². The fourth-order valence-electron chi connectivity index (χ4n) is 2.45. The third-order valence-corrected chi connectivity index (χ3v) is 3.92. The lowest BCUT2D eigenvalue weighted by molar-refractivity contribution is 0.116. The van der Waals surface area contributed by atoms with Crippen LogP contribution in [-0.2, 0) is 0 Å². The van der Waals surface area contributed by atoms with E-state index in [2.05, 4.69) is 40.1 Å². The molecule has 2 heterocycles. The molecule has 0 spiro atoms. The fraction of sp³-hybridized carbons (Fsp3) is 0.600. The van der Waals surface area contributed by atoms with Crippen molar-refractivity contribution >= 4 is 5.82 Å². The molecule has 1 aliphatic rings. The van der Waals surface area contributed by atoms with Crippen molar-refractivity contribution < 1.29 is 0 Å². The third kappa shape index (κ3) is 4.19. The first-order chi connectivity index (χ1) is 9.69. The van der Waals surface area contributed by atoms with Gasteiger partial charge in [-0.15, -0.1) is 0 Å². The van der Waals surface area contributed by atoms with Crippen LogP contribution in [0.5, 0.6) is 0 Å². The summed E-state index contributed by atoms with van der Waals surface area (Å²) in [6.45, 7) is 7.79. The Bertz CT molecular complexity index is 460. The van der Waals surface area contributed by atoms with Gasteiger partial charge in [-0.3, -0.25) is 4.90 Å². The van der Waals surface area contributed by atoms with E-state index >= 15 is 0 Å². The van der Waals surface area contributed by atoms with Crippen molar-refractivity contribution in [2.75, 3.05) is 45.1 Å². The van der Waals surface area contributed by atoms with Crippen molar-refractivity contribution in [3.63, 3.8) is 0 Å². The molecule has 1 saturated heterocycles. The number of rotatable bonds is 5. The zero-order chi connectivity index (χ0) is 14.4. The molecule has 0 amide bonds. The molecule has 0 aliphatic carbocycles. The Kier molecular flexibility index (Phi) is 5.33. The van der Waals surface area contributed by atoms with Crippen molar-refractivity contribution in [2.45, 2.75) is 19.4 Å². The number of nitrogens with one attached hydrogen (secondary N) is 1. The molecule has 5 heteroatoms. The number of anilines is 1. The zero-order valence-corrected chi connectivity index (χ0v) is 12.3. The van der Waals surface area contributed by atoms with E-state index in [0.717, 1.165) is 45.0 Å².